The molecule has 27 heavy (non-hydrogen) atoms. The molecule has 1 saturated carbocycles. The molecule has 2 aromatic rings. The first-order valence-corrected chi connectivity index (χ1v) is 12.4. The highest BCUT2D eigenvalue weighted by Gasteiger charge is 2.84. The maximum absolute atomic E-state index is 14.6. The Morgan fingerprint density at radius 1 is 0.889 bits per heavy atom. The van der Waals surface area contributed by atoms with Crippen LogP contribution in [0, 0.1) is 0 Å². The number of rotatable bonds is 2. The SMILES string of the molecule is CC(C)(C)[Si](C)(C)N1c2ccccc2[C@H]2[C@@H]1[C@]2(c1ccccc1)C(F)(F)F. The van der Waals surface area contributed by atoms with Crippen molar-refractivity contribution in [3.05, 3.63) is 65.7 Å². The lowest BCUT2D eigenvalue weighted by Gasteiger charge is -2.48. The summed E-state index contributed by atoms with van der Waals surface area (Å²) in [6.45, 7) is 10.9. The van der Waals surface area contributed by atoms with E-state index in [1.807, 2.05) is 24.3 Å². The van der Waals surface area contributed by atoms with Crippen molar-refractivity contribution in [1.29, 1.82) is 0 Å². The Kier molecular flexibility index (Phi) is 3.72. The first-order valence-electron chi connectivity index (χ1n) is 9.46. The van der Waals surface area contributed by atoms with Crippen LogP contribution in [-0.4, -0.2) is 20.5 Å². The monoisotopic (exact) mass is 389 g/mol. The molecule has 1 aliphatic heterocycles. The minimum atomic E-state index is -4.29. The summed E-state index contributed by atoms with van der Waals surface area (Å²) in [6, 6.07) is 15.7. The fraction of sp³-hybridized carbons (Fsp3) is 0.455. The molecule has 144 valence electrons. The first kappa shape index (κ1) is 18.6. The zero-order chi connectivity index (χ0) is 19.8. The van der Waals surface area contributed by atoms with Crippen LogP contribution in [0.2, 0.25) is 18.1 Å². The number of para-hydroxylation sites is 1. The van der Waals surface area contributed by atoms with E-state index in [1.54, 1.807) is 30.3 Å². The molecule has 1 heterocycles. The number of alkyl halides is 3. The summed E-state index contributed by atoms with van der Waals surface area (Å²) in [7, 11) is -2.21. The van der Waals surface area contributed by atoms with E-state index in [9.17, 15) is 13.2 Å². The van der Waals surface area contributed by atoms with Crippen molar-refractivity contribution in [2.75, 3.05) is 4.57 Å². The molecule has 2 aliphatic rings. The van der Waals surface area contributed by atoms with Crippen LogP contribution in [0.5, 0.6) is 0 Å². The van der Waals surface area contributed by atoms with Crippen LogP contribution in [0.4, 0.5) is 18.9 Å². The zero-order valence-corrected chi connectivity index (χ0v) is 17.4. The summed E-state index contributed by atoms with van der Waals surface area (Å²) < 4.78 is 46.1. The van der Waals surface area contributed by atoms with Gasteiger partial charge in [0.15, 0.2) is 8.24 Å². The second kappa shape index (κ2) is 5.40. The smallest absolute Gasteiger partial charge is 0.392 e. The van der Waals surface area contributed by atoms with Crippen LogP contribution in [0.3, 0.4) is 0 Å². The largest absolute Gasteiger partial charge is 0.401 e. The molecule has 0 amide bonds. The summed E-state index contributed by atoms with van der Waals surface area (Å²) in [5, 5.41) is -0.0500. The van der Waals surface area contributed by atoms with Gasteiger partial charge in [0, 0.05) is 17.6 Å². The third-order valence-corrected chi connectivity index (χ3v) is 12.5. The van der Waals surface area contributed by atoms with Crippen molar-refractivity contribution in [3.8, 4) is 0 Å². The van der Waals surface area contributed by atoms with Crippen molar-refractivity contribution in [3.63, 3.8) is 0 Å². The molecular formula is C22H26F3NSi. The molecule has 2 aromatic carbocycles. The molecular weight excluding hydrogens is 363 g/mol. The number of fused-ring (bicyclic) bond motifs is 3. The molecule has 1 aliphatic carbocycles. The van der Waals surface area contributed by atoms with Crippen molar-refractivity contribution in [1.82, 2.24) is 0 Å². The second-order valence-corrected chi connectivity index (χ2v) is 14.5. The topological polar surface area (TPSA) is 3.24 Å². The lowest BCUT2D eigenvalue weighted by atomic mass is 9.88. The third kappa shape index (κ3) is 2.24. The van der Waals surface area contributed by atoms with Crippen molar-refractivity contribution in [2.45, 2.75) is 62.5 Å². The third-order valence-electron chi connectivity index (χ3n) is 7.13. The van der Waals surface area contributed by atoms with Crippen LogP contribution in [-0.2, 0) is 5.41 Å². The molecule has 0 N–H and O–H groups in total. The van der Waals surface area contributed by atoms with E-state index < -0.39 is 31.8 Å². The van der Waals surface area contributed by atoms with Crippen LogP contribution < -0.4 is 4.57 Å². The molecule has 0 spiro atoms. The Hall–Kier alpha value is -1.75. The molecule has 3 atom stereocenters. The van der Waals surface area contributed by atoms with E-state index >= 15 is 0 Å². The minimum Gasteiger partial charge on any atom is -0.392 e. The zero-order valence-electron chi connectivity index (χ0n) is 16.4. The number of anilines is 1. The highest BCUT2D eigenvalue weighted by atomic mass is 28.3. The number of nitrogens with zero attached hydrogens (tertiary/aromatic N) is 1. The van der Waals surface area contributed by atoms with E-state index in [4.69, 9.17) is 0 Å². The first-order chi connectivity index (χ1) is 12.5. The quantitative estimate of drug-likeness (QED) is 0.532. The predicted octanol–water partition coefficient (Wildman–Crippen LogP) is 6.48. The average Bonchev–Trinajstić information content (AvgIpc) is 3.14. The molecule has 0 unspecified atom stereocenters. The molecule has 0 bridgehead atoms. The van der Waals surface area contributed by atoms with E-state index in [0.29, 0.717) is 5.56 Å². The summed E-state index contributed by atoms with van der Waals surface area (Å²) >= 11 is 0. The molecule has 1 fully saturated rings. The van der Waals surface area contributed by atoms with Crippen LogP contribution in [0.25, 0.3) is 0 Å². The van der Waals surface area contributed by atoms with Gasteiger partial charge in [-0.05, 0) is 22.2 Å². The number of benzene rings is 2. The van der Waals surface area contributed by atoms with Gasteiger partial charge in [0.25, 0.3) is 0 Å². The van der Waals surface area contributed by atoms with E-state index in [2.05, 4.69) is 38.4 Å². The fourth-order valence-corrected chi connectivity index (χ4v) is 7.42. The van der Waals surface area contributed by atoms with Gasteiger partial charge in [-0.3, -0.25) is 0 Å². The summed E-state index contributed by atoms with van der Waals surface area (Å²) in [5.41, 5.74) is 0.451. The maximum Gasteiger partial charge on any atom is 0.401 e. The Morgan fingerprint density at radius 3 is 2.00 bits per heavy atom. The highest BCUT2D eigenvalue weighted by Crippen LogP contribution is 2.75. The molecule has 4 rings (SSSR count). The van der Waals surface area contributed by atoms with E-state index in [1.165, 1.54) is 0 Å². The summed E-state index contributed by atoms with van der Waals surface area (Å²) in [5.74, 6) is -0.523. The van der Waals surface area contributed by atoms with Crippen LogP contribution >= 0.6 is 0 Å². The standard InChI is InChI=1S/C22H26F3NSi/c1-20(2,3)27(4,5)26-17-14-10-9-13-16(17)18-19(26)21(18,22(23,24)25)15-11-7-6-8-12-15/h6-14,18-19H,1-5H3/t18-,19+,21+/m0/s1. The van der Waals surface area contributed by atoms with Gasteiger partial charge >= 0.3 is 6.18 Å². The van der Waals surface area contributed by atoms with Crippen LogP contribution in [0.1, 0.15) is 37.8 Å². The maximum atomic E-state index is 14.6. The number of hydrogen-bond donors (Lipinski definition) is 0. The number of hydrogen-bond acceptors (Lipinski definition) is 1. The van der Waals surface area contributed by atoms with E-state index in [0.717, 1.165) is 11.3 Å². The normalized spacial score (nSPS) is 27.3. The second-order valence-electron chi connectivity index (χ2n) is 9.39. The molecule has 0 radical (unpaired) electrons. The van der Waals surface area contributed by atoms with Gasteiger partial charge in [0.05, 0.1) is 0 Å². The Balaban J connectivity index is 1.96. The molecule has 1 nitrogen and oxygen atoms in total. The van der Waals surface area contributed by atoms with Gasteiger partial charge < -0.3 is 4.57 Å². The van der Waals surface area contributed by atoms with Gasteiger partial charge in [-0.15, -0.1) is 0 Å². The average molecular weight is 390 g/mol. The van der Waals surface area contributed by atoms with Gasteiger partial charge in [0.1, 0.15) is 5.41 Å². The number of halogens is 3. The molecule has 0 saturated heterocycles. The Bertz CT molecular complexity index is 869. The molecule has 5 heteroatoms. The van der Waals surface area contributed by atoms with Crippen molar-refractivity contribution < 1.29 is 13.2 Å². The summed E-state index contributed by atoms with van der Waals surface area (Å²) in [6.07, 6.45) is -4.29. The van der Waals surface area contributed by atoms with Crippen molar-refractivity contribution >= 4 is 13.9 Å². The minimum absolute atomic E-state index is 0.0500. The fourth-order valence-electron chi connectivity index (χ4n) is 4.84. The van der Waals surface area contributed by atoms with Crippen LogP contribution in [0.15, 0.2) is 54.6 Å². The lowest BCUT2D eigenvalue weighted by molar-refractivity contribution is -0.163. The van der Waals surface area contributed by atoms with E-state index in [-0.39, 0.29) is 5.04 Å². The summed E-state index contributed by atoms with van der Waals surface area (Å²) in [4.78, 5) is 0. The predicted molar refractivity (Wildman–Crippen MR) is 107 cm³/mol. The van der Waals surface area contributed by atoms with Gasteiger partial charge in [-0.1, -0.05) is 82.4 Å². The molecule has 0 aromatic heterocycles. The van der Waals surface area contributed by atoms with Crippen molar-refractivity contribution in [2.24, 2.45) is 0 Å². The highest BCUT2D eigenvalue weighted by molar-refractivity contribution is 6.84. The lowest BCUT2D eigenvalue weighted by Crippen LogP contribution is -2.58. The van der Waals surface area contributed by atoms with Gasteiger partial charge in [-0.25, -0.2) is 0 Å². The van der Waals surface area contributed by atoms with Gasteiger partial charge in [0.2, 0.25) is 0 Å². The van der Waals surface area contributed by atoms with Gasteiger partial charge in [-0.2, -0.15) is 13.2 Å². The Morgan fingerprint density at radius 2 is 1.44 bits per heavy atom. The Labute approximate surface area is 160 Å².